The van der Waals surface area contributed by atoms with Crippen molar-refractivity contribution in [2.24, 2.45) is 0 Å². The lowest BCUT2D eigenvalue weighted by Gasteiger charge is -2.25. The number of amides is 2. The van der Waals surface area contributed by atoms with E-state index in [-0.39, 0.29) is 18.9 Å². The number of likely N-dealkylation sites (N-methyl/N-ethyl adjacent to an activating group) is 1. The van der Waals surface area contributed by atoms with E-state index >= 15 is 0 Å². The summed E-state index contributed by atoms with van der Waals surface area (Å²) in [5, 5.41) is 12.3. The predicted octanol–water partition coefficient (Wildman–Crippen LogP) is 5.02. The highest BCUT2D eigenvalue weighted by Crippen LogP contribution is 2.44. The SMILES string of the molecule is CN(C(=O)OCC1c2ccccc2-c2ccccc21)C(CCCCNC(=O)OC(C)(C)C)C(=O)O. The number of alkyl carbamates (subject to hydrolysis) is 1. The summed E-state index contributed by atoms with van der Waals surface area (Å²) >= 11 is 0. The second kappa shape index (κ2) is 11.3. The molecule has 0 heterocycles. The third kappa shape index (κ3) is 6.74. The van der Waals surface area contributed by atoms with Crippen LogP contribution >= 0.6 is 0 Å². The molecular weight excluding hydrogens is 448 g/mol. The first-order chi connectivity index (χ1) is 16.6. The van der Waals surface area contributed by atoms with Crippen LogP contribution in [0.2, 0.25) is 0 Å². The van der Waals surface area contributed by atoms with E-state index in [1.54, 1.807) is 20.8 Å². The van der Waals surface area contributed by atoms with E-state index in [0.717, 1.165) is 27.2 Å². The molecule has 1 aliphatic carbocycles. The van der Waals surface area contributed by atoms with Gasteiger partial charge in [0.2, 0.25) is 0 Å². The molecule has 8 nitrogen and oxygen atoms in total. The first kappa shape index (κ1) is 26.1. The van der Waals surface area contributed by atoms with Crippen molar-refractivity contribution < 1.29 is 29.0 Å². The minimum absolute atomic E-state index is 0.0954. The molecule has 2 amide bonds. The Kier molecular flexibility index (Phi) is 8.38. The van der Waals surface area contributed by atoms with Crippen LogP contribution in [0.5, 0.6) is 0 Å². The average Bonchev–Trinajstić information content (AvgIpc) is 3.11. The molecule has 1 unspecified atom stereocenters. The van der Waals surface area contributed by atoms with Gasteiger partial charge < -0.3 is 19.9 Å². The van der Waals surface area contributed by atoms with Gasteiger partial charge in [0.1, 0.15) is 18.2 Å². The standard InChI is InChI=1S/C27H34N2O6/c1-27(2,3)35-25(32)28-16-10-9-15-23(24(30)31)29(4)26(33)34-17-22-20-13-7-5-11-18(20)19-12-6-8-14-21(19)22/h5-8,11-14,22-23H,9-10,15-17H2,1-4H3,(H,28,32)(H,30,31). The molecular formula is C27H34N2O6. The summed E-state index contributed by atoms with van der Waals surface area (Å²) in [6.45, 7) is 5.83. The lowest BCUT2D eigenvalue weighted by Crippen LogP contribution is -2.43. The van der Waals surface area contributed by atoms with Gasteiger partial charge in [-0.2, -0.15) is 0 Å². The molecule has 2 aromatic rings. The van der Waals surface area contributed by atoms with Gasteiger partial charge in [-0.3, -0.25) is 4.90 Å². The van der Waals surface area contributed by atoms with Crippen molar-refractivity contribution in [3.8, 4) is 11.1 Å². The second-order valence-electron chi connectivity index (χ2n) is 9.69. The molecule has 8 heteroatoms. The molecule has 0 saturated heterocycles. The largest absolute Gasteiger partial charge is 0.480 e. The fourth-order valence-corrected chi connectivity index (χ4v) is 4.27. The number of hydrogen-bond donors (Lipinski definition) is 2. The highest BCUT2D eigenvalue weighted by atomic mass is 16.6. The van der Waals surface area contributed by atoms with Crippen molar-refractivity contribution in [1.29, 1.82) is 0 Å². The molecule has 2 N–H and O–H groups in total. The molecule has 35 heavy (non-hydrogen) atoms. The molecule has 188 valence electrons. The van der Waals surface area contributed by atoms with E-state index < -0.39 is 29.8 Å². The lowest BCUT2D eigenvalue weighted by atomic mass is 9.98. The van der Waals surface area contributed by atoms with E-state index in [4.69, 9.17) is 9.47 Å². The van der Waals surface area contributed by atoms with Crippen LogP contribution in [-0.2, 0) is 14.3 Å². The summed E-state index contributed by atoms with van der Waals surface area (Å²) in [5.74, 6) is -1.19. The molecule has 0 saturated carbocycles. The monoisotopic (exact) mass is 482 g/mol. The number of rotatable bonds is 9. The van der Waals surface area contributed by atoms with Gasteiger partial charge in [-0.15, -0.1) is 0 Å². The summed E-state index contributed by atoms with van der Waals surface area (Å²) in [5.41, 5.74) is 3.86. The van der Waals surface area contributed by atoms with Gasteiger partial charge >= 0.3 is 18.2 Å². The van der Waals surface area contributed by atoms with Crippen LogP contribution in [0.3, 0.4) is 0 Å². The van der Waals surface area contributed by atoms with Gasteiger partial charge in [-0.1, -0.05) is 48.5 Å². The quantitative estimate of drug-likeness (QED) is 0.487. The Bertz CT molecular complexity index is 1020. The van der Waals surface area contributed by atoms with E-state index in [0.29, 0.717) is 19.4 Å². The highest BCUT2D eigenvalue weighted by molar-refractivity contribution is 5.81. The Labute approximate surface area is 206 Å². The van der Waals surface area contributed by atoms with E-state index in [9.17, 15) is 19.5 Å². The zero-order chi connectivity index (χ0) is 25.6. The minimum atomic E-state index is -1.10. The van der Waals surface area contributed by atoms with Crippen LogP contribution in [0.1, 0.15) is 57.1 Å². The smallest absolute Gasteiger partial charge is 0.410 e. The Morgan fingerprint density at radius 2 is 1.57 bits per heavy atom. The number of benzene rings is 2. The van der Waals surface area contributed by atoms with Crippen molar-refractivity contribution in [2.75, 3.05) is 20.2 Å². The molecule has 3 rings (SSSR count). The zero-order valence-electron chi connectivity index (χ0n) is 20.7. The fraction of sp³-hybridized carbons (Fsp3) is 0.444. The fourth-order valence-electron chi connectivity index (χ4n) is 4.27. The van der Waals surface area contributed by atoms with Crippen LogP contribution in [0.4, 0.5) is 9.59 Å². The summed E-state index contributed by atoms with van der Waals surface area (Å²) < 4.78 is 10.8. The van der Waals surface area contributed by atoms with Crippen LogP contribution in [0, 0.1) is 0 Å². The van der Waals surface area contributed by atoms with Crippen molar-refractivity contribution in [1.82, 2.24) is 10.2 Å². The lowest BCUT2D eigenvalue weighted by molar-refractivity contribution is -0.142. The van der Waals surface area contributed by atoms with Crippen LogP contribution in [-0.4, -0.2) is 60.0 Å². The average molecular weight is 483 g/mol. The molecule has 0 fully saturated rings. The van der Waals surface area contributed by atoms with E-state index in [1.807, 2.05) is 36.4 Å². The number of unbranched alkanes of at least 4 members (excludes halogenated alkanes) is 1. The van der Waals surface area contributed by atoms with Gasteiger partial charge in [-0.25, -0.2) is 14.4 Å². The van der Waals surface area contributed by atoms with Crippen molar-refractivity contribution >= 4 is 18.2 Å². The molecule has 0 aromatic heterocycles. The molecule has 2 aromatic carbocycles. The number of aliphatic carboxylic acids is 1. The highest BCUT2D eigenvalue weighted by Gasteiger charge is 2.31. The number of carboxylic acid groups (broad SMARTS) is 1. The first-order valence-corrected chi connectivity index (χ1v) is 11.9. The summed E-state index contributed by atoms with van der Waals surface area (Å²) in [4.78, 5) is 37.4. The number of carbonyl (C=O) groups is 3. The number of fused-ring (bicyclic) bond motifs is 3. The third-order valence-corrected chi connectivity index (χ3v) is 5.95. The maximum atomic E-state index is 12.7. The van der Waals surface area contributed by atoms with Gasteiger partial charge in [0.25, 0.3) is 0 Å². The molecule has 0 bridgehead atoms. The third-order valence-electron chi connectivity index (χ3n) is 5.95. The number of carbonyl (C=O) groups excluding carboxylic acids is 2. The van der Waals surface area contributed by atoms with Crippen LogP contribution in [0.25, 0.3) is 11.1 Å². The van der Waals surface area contributed by atoms with Gasteiger partial charge in [0.05, 0.1) is 0 Å². The van der Waals surface area contributed by atoms with Crippen molar-refractivity contribution in [3.63, 3.8) is 0 Å². The zero-order valence-corrected chi connectivity index (χ0v) is 20.7. The van der Waals surface area contributed by atoms with Crippen LogP contribution < -0.4 is 5.32 Å². The molecule has 1 aliphatic rings. The predicted molar refractivity (Wildman–Crippen MR) is 132 cm³/mol. The molecule has 0 spiro atoms. The number of carboxylic acids is 1. The maximum Gasteiger partial charge on any atom is 0.410 e. The normalized spacial score (nSPS) is 13.4. The Hall–Kier alpha value is -3.55. The van der Waals surface area contributed by atoms with Crippen molar-refractivity contribution in [2.45, 2.75) is 57.6 Å². The van der Waals surface area contributed by atoms with Gasteiger partial charge in [-0.05, 0) is 62.3 Å². The minimum Gasteiger partial charge on any atom is -0.480 e. The molecule has 0 radical (unpaired) electrons. The Morgan fingerprint density at radius 1 is 1.00 bits per heavy atom. The molecule has 0 aliphatic heterocycles. The Morgan fingerprint density at radius 3 is 2.11 bits per heavy atom. The summed E-state index contributed by atoms with van der Waals surface area (Å²) in [6.07, 6.45) is 0.121. The van der Waals surface area contributed by atoms with Gasteiger partial charge in [0.15, 0.2) is 0 Å². The maximum absolute atomic E-state index is 12.7. The number of ether oxygens (including phenoxy) is 2. The van der Waals surface area contributed by atoms with Crippen LogP contribution in [0.15, 0.2) is 48.5 Å². The summed E-state index contributed by atoms with van der Waals surface area (Å²) in [6, 6.07) is 15.0. The number of nitrogens with zero attached hydrogens (tertiary/aromatic N) is 1. The molecule has 1 atom stereocenters. The van der Waals surface area contributed by atoms with E-state index in [1.165, 1.54) is 7.05 Å². The summed E-state index contributed by atoms with van der Waals surface area (Å²) in [7, 11) is 1.44. The van der Waals surface area contributed by atoms with Crippen molar-refractivity contribution in [3.05, 3.63) is 59.7 Å². The first-order valence-electron chi connectivity index (χ1n) is 11.9. The number of hydrogen-bond acceptors (Lipinski definition) is 5. The number of nitrogens with one attached hydrogen (secondary N) is 1. The topological polar surface area (TPSA) is 105 Å². The second-order valence-corrected chi connectivity index (χ2v) is 9.69. The van der Waals surface area contributed by atoms with Gasteiger partial charge in [0, 0.05) is 19.5 Å². The van der Waals surface area contributed by atoms with E-state index in [2.05, 4.69) is 17.4 Å². The Balaban J connectivity index is 1.51.